The maximum Gasteiger partial charge on any atom is 0.410 e. The average molecular weight is 766 g/mol. The molecule has 13 nitrogen and oxygen atoms in total. The minimum Gasteiger partial charge on any atom is -0.446 e. The van der Waals surface area contributed by atoms with E-state index in [4.69, 9.17) is 14.3 Å². The molecule has 1 saturated carbocycles. The number of halogens is 1. The Hall–Kier alpha value is -4.88. The number of hydrogen-bond donors (Lipinski definition) is 3. The number of hydroxylamine groups is 1. The van der Waals surface area contributed by atoms with Crippen LogP contribution in [-0.4, -0.2) is 89.2 Å². The number of aryl methyl sites for hydroxylation is 2. The summed E-state index contributed by atoms with van der Waals surface area (Å²) < 4.78 is 25.7. The number of likely N-dealkylation sites (N-methyl/N-ethyl adjacent to an activating group) is 1. The molecule has 3 N–H and O–H groups in total. The van der Waals surface area contributed by atoms with Crippen LogP contribution in [0.4, 0.5) is 14.0 Å². The van der Waals surface area contributed by atoms with Gasteiger partial charge in [0.15, 0.2) is 5.75 Å². The number of alkyl carbamates (subject to hydrolysis) is 1. The van der Waals surface area contributed by atoms with Crippen LogP contribution < -0.4 is 21.0 Å². The molecular formula is C41H56FN5O8. The monoisotopic (exact) mass is 765 g/mol. The van der Waals surface area contributed by atoms with Gasteiger partial charge < -0.3 is 34.7 Å². The first kappa shape index (κ1) is 41.3. The largest absolute Gasteiger partial charge is 0.446 e. The molecule has 2 unspecified atom stereocenters. The van der Waals surface area contributed by atoms with Gasteiger partial charge in [-0.1, -0.05) is 43.2 Å². The van der Waals surface area contributed by atoms with Gasteiger partial charge in [0.1, 0.15) is 35.2 Å². The van der Waals surface area contributed by atoms with Crippen LogP contribution in [0.25, 0.3) is 0 Å². The molecule has 2 aliphatic heterocycles. The van der Waals surface area contributed by atoms with E-state index < -0.39 is 65.2 Å². The van der Waals surface area contributed by atoms with Crippen molar-refractivity contribution >= 4 is 29.9 Å². The Labute approximate surface area is 323 Å². The first-order chi connectivity index (χ1) is 26.0. The Bertz CT molecular complexity index is 1720. The van der Waals surface area contributed by atoms with E-state index in [0.29, 0.717) is 25.0 Å². The van der Waals surface area contributed by atoms with Crippen molar-refractivity contribution in [2.24, 2.45) is 17.8 Å². The normalized spacial score (nSPS) is 28.2. The molecule has 1 aromatic rings. The van der Waals surface area contributed by atoms with Crippen molar-refractivity contribution in [2.75, 3.05) is 20.1 Å². The fraction of sp³-hybridized carbons (Fsp3) is 0.585. The molecule has 14 heteroatoms. The van der Waals surface area contributed by atoms with Crippen LogP contribution in [0.1, 0.15) is 83.8 Å². The fourth-order valence-electron chi connectivity index (χ4n) is 7.34. The standard InChI is InChI=1S/C41H56FN5O8/c1-25-18-19-30(20-26(25)2)55-45-37(50)41-22-29(41)15-11-9-8-10-12-17-33(43-38(51)54-40(4,5)6)36(49)46(7)34(35(48)44-41)21-27(3)53-39(52)47-23-28-14-13-16-32(42)31(28)24-47/h11,13-16,18-20,27-29,31,33-34H,8-10,12,17,21-24H2,1-7H3,(H,43,51)(H,44,48)(H,45,50)/b15-11-/t27-,28?,29+,31?,33-,34-,41+/m0/s1. The molecule has 5 amide bonds. The van der Waals surface area contributed by atoms with Crippen molar-refractivity contribution in [2.45, 2.75) is 116 Å². The average Bonchev–Trinajstić information content (AvgIpc) is 3.61. The second-order valence-electron chi connectivity index (χ2n) is 16.3. The Morgan fingerprint density at radius 1 is 1.07 bits per heavy atom. The van der Waals surface area contributed by atoms with Gasteiger partial charge in [-0.3, -0.25) is 14.4 Å². The summed E-state index contributed by atoms with van der Waals surface area (Å²) in [5.74, 6) is -2.55. The van der Waals surface area contributed by atoms with Crippen LogP contribution in [0.2, 0.25) is 0 Å². The number of carbonyl (C=O) groups excluding carboxylic acids is 5. The summed E-state index contributed by atoms with van der Waals surface area (Å²) in [4.78, 5) is 77.1. The van der Waals surface area contributed by atoms with Gasteiger partial charge in [-0.05, 0) is 96.6 Å². The van der Waals surface area contributed by atoms with Gasteiger partial charge in [-0.15, -0.1) is 0 Å². The molecule has 300 valence electrons. The molecule has 0 spiro atoms. The third-order valence-electron chi connectivity index (χ3n) is 10.8. The van der Waals surface area contributed by atoms with E-state index in [1.807, 2.05) is 38.1 Å². The number of ether oxygens (including phenoxy) is 2. The quantitative estimate of drug-likeness (QED) is 0.236. The van der Waals surface area contributed by atoms with Crippen LogP contribution >= 0.6 is 0 Å². The number of carbonyl (C=O) groups is 5. The highest BCUT2D eigenvalue weighted by atomic mass is 19.1. The summed E-state index contributed by atoms with van der Waals surface area (Å²) in [6.07, 6.45) is 9.91. The van der Waals surface area contributed by atoms with Crippen molar-refractivity contribution in [3.63, 3.8) is 0 Å². The first-order valence-corrected chi connectivity index (χ1v) is 19.3. The molecule has 0 aromatic heterocycles. The predicted octanol–water partition coefficient (Wildman–Crippen LogP) is 5.72. The lowest BCUT2D eigenvalue weighted by Crippen LogP contribution is -2.59. The third-order valence-corrected chi connectivity index (χ3v) is 10.8. The number of hydrogen-bond acceptors (Lipinski definition) is 8. The number of likely N-dealkylation sites (tertiary alicyclic amines) is 1. The van der Waals surface area contributed by atoms with Gasteiger partial charge in [0, 0.05) is 44.3 Å². The second kappa shape index (κ2) is 17.3. The zero-order valence-corrected chi connectivity index (χ0v) is 33.0. The number of fused-ring (bicyclic) bond motifs is 2. The van der Waals surface area contributed by atoms with Gasteiger partial charge in [0.05, 0.1) is 0 Å². The summed E-state index contributed by atoms with van der Waals surface area (Å²) >= 11 is 0. The van der Waals surface area contributed by atoms with Crippen molar-refractivity contribution in [3.8, 4) is 5.75 Å². The first-order valence-electron chi connectivity index (χ1n) is 19.3. The van der Waals surface area contributed by atoms with Crippen LogP contribution in [0, 0.1) is 31.6 Å². The van der Waals surface area contributed by atoms with Gasteiger partial charge in [0.25, 0.3) is 5.91 Å². The summed E-state index contributed by atoms with van der Waals surface area (Å²) in [6, 6.07) is 3.16. The Kier molecular flexibility index (Phi) is 13.0. The molecule has 2 fully saturated rings. The van der Waals surface area contributed by atoms with Gasteiger partial charge in [-0.25, -0.2) is 14.0 Å². The van der Waals surface area contributed by atoms with Crippen molar-refractivity contribution < 1.29 is 42.7 Å². The van der Waals surface area contributed by atoms with Crippen LogP contribution in [0.15, 0.2) is 54.4 Å². The lowest BCUT2D eigenvalue weighted by atomic mass is 9.91. The van der Waals surface area contributed by atoms with Gasteiger partial charge in [-0.2, -0.15) is 5.48 Å². The number of nitrogens with zero attached hydrogens (tertiary/aromatic N) is 2. The number of benzene rings is 1. The molecule has 0 bridgehead atoms. The lowest BCUT2D eigenvalue weighted by molar-refractivity contribution is -0.143. The van der Waals surface area contributed by atoms with Crippen LogP contribution in [0.5, 0.6) is 5.75 Å². The minimum absolute atomic E-state index is 0.134. The summed E-state index contributed by atoms with van der Waals surface area (Å²) in [6.45, 7) is 11.1. The summed E-state index contributed by atoms with van der Waals surface area (Å²) in [7, 11) is 1.45. The van der Waals surface area contributed by atoms with E-state index in [1.165, 1.54) is 22.9 Å². The highest BCUT2D eigenvalue weighted by Gasteiger charge is 2.61. The molecule has 1 aromatic carbocycles. The molecular weight excluding hydrogens is 709 g/mol. The zero-order valence-electron chi connectivity index (χ0n) is 33.0. The Balaban J connectivity index is 1.38. The van der Waals surface area contributed by atoms with Crippen molar-refractivity contribution in [3.05, 3.63) is 65.5 Å². The zero-order chi connectivity index (χ0) is 40.1. The molecule has 4 aliphatic rings. The maximum atomic E-state index is 14.5. The highest BCUT2D eigenvalue weighted by molar-refractivity contribution is 5.97. The van der Waals surface area contributed by atoms with Crippen LogP contribution in [0.3, 0.4) is 0 Å². The fourth-order valence-corrected chi connectivity index (χ4v) is 7.34. The van der Waals surface area contributed by atoms with Crippen molar-refractivity contribution in [1.82, 2.24) is 25.9 Å². The molecule has 5 rings (SSSR count). The van der Waals surface area contributed by atoms with Crippen molar-refractivity contribution in [1.29, 1.82) is 0 Å². The van der Waals surface area contributed by atoms with E-state index in [2.05, 4.69) is 16.1 Å². The molecule has 7 atom stereocenters. The Morgan fingerprint density at radius 3 is 2.55 bits per heavy atom. The smallest absolute Gasteiger partial charge is 0.410 e. The summed E-state index contributed by atoms with van der Waals surface area (Å²) in [5.41, 5.74) is 2.39. The lowest BCUT2D eigenvalue weighted by Gasteiger charge is -2.33. The molecule has 1 saturated heterocycles. The summed E-state index contributed by atoms with van der Waals surface area (Å²) in [5, 5.41) is 5.64. The maximum absolute atomic E-state index is 14.5. The number of allylic oxidation sites excluding steroid dienone is 3. The van der Waals surface area contributed by atoms with Gasteiger partial charge in [0.2, 0.25) is 11.8 Å². The van der Waals surface area contributed by atoms with E-state index in [0.717, 1.165) is 30.4 Å². The molecule has 2 heterocycles. The van der Waals surface area contributed by atoms with E-state index in [1.54, 1.807) is 45.9 Å². The minimum atomic E-state index is -1.37. The van der Waals surface area contributed by atoms with E-state index >= 15 is 0 Å². The molecule has 55 heavy (non-hydrogen) atoms. The molecule has 2 aliphatic carbocycles. The third kappa shape index (κ3) is 10.5. The Morgan fingerprint density at radius 2 is 1.84 bits per heavy atom. The number of amides is 5. The molecule has 0 radical (unpaired) electrons. The number of rotatable bonds is 7. The van der Waals surface area contributed by atoms with E-state index in [-0.39, 0.29) is 37.2 Å². The SMILES string of the molecule is Cc1ccc(ONC(=O)[C@@]23C[C@H]2/C=C\CCCCC[C@H](NC(=O)OC(C)(C)C)C(=O)N(C)[C@@H](C[C@H](C)OC(=O)N2CC4C=CC=C(F)C4C2)C(=O)N3)cc1C. The van der Waals surface area contributed by atoms with Crippen LogP contribution in [-0.2, 0) is 23.9 Å². The predicted molar refractivity (Wildman–Crippen MR) is 203 cm³/mol. The topological polar surface area (TPSA) is 156 Å². The number of nitrogens with one attached hydrogen (secondary N) is 3. The van der Waals surface area contributed by atoms with Gasteiger partial charge >= 0.3 is 12.2 Å². The van der Waals surface area contributed by atoms with E-state index in [9.17, 15) is 28.4 Å². The highest BCUT2D eigenvalue weighted by Crippen LogP contribution is 2.45. The second-order valence-corrected chi connectivity index (χ2v) is 16.3.